The molecule has 4 nitrogen and oxygen atoms in total. The van der Waals surface area contributed by atoms with E-state index in [1.807, 2.05) is 0 Å². The molecule has 1 aromatic rings. The van der Waals surface area contributed by atoms with Gasteiger partial charge in [0.2, 0.25) is 0 Å². The maximum Gasteiger partial charge on any atom is 0.265 e. The Morgan fingerprint density at radius 3 is 2.60 bits per heavy atom. The van der Waals surface area contributed by atoms with Gasteiger partial charge in [0.1, 0.15) is 5.75 Å². The molecule has 1 heterocycles. The second-order valence-electron chi connectivity index (χ2n) is 2.84. The molecule has 0 saturated heterocycles. The van der Waals surface area contributed by atoms with Gasteiger partial charge in [-0.25, -0.2) is 13.8 Å². The fraction of sp³-hybridized carbons (Fsp3) is 0.444. The first-order valence-corrected chi connectivity index (χ1v) is 4.29. The van der Waals surface area contributed by atoms with E-state index in [0.29, 0.717) is 5.69 Å². The van der Waals surface area contributed by atoms with Crippen LogP contribution in [0.5, 0.6) is 5.75 Å². The zero-order valence-electron chi connectivity index (χ0n) is 8.20. The molecule has 0 aromatic carbocycles. The summed E-state index contributed by atoms with van der Waals surface area (Å²) in [6.07, 6.45) is -2.69. The Kier molecular flexibility index (Phi) is 3.93. The summed E-state index contributed by atoms with van der Waals surface area (Å²) in [4.78, 5) is 3.82. The molecule has 0 unspecified atom stereocenters. The van der Waals surface area contributed by atoms with Gasteiger partial charge in [-0.1, -0.05) is 0 Å². The van der Waals surface area contributed by atoms with Crippen molar-refractivity contribution in [1.82, 2.24) is 4.98 Å². The van der Waals surface area contributed by atoms with Crippen molar-refractivity contribution in [2.45, 2.75) is 19.6 Å². The number of nitrogens with two attached hydrogens (primary N) is 1. The fourth-order valence-electron chi connectivity index (χ4n) is 1.23. The zero-order chi connectivity index (χ0) is 11.4. The second-order valence-corrected chi connectivity index (χ2v) is 2.84. The van der Waals surface area contributed by atoms with Crippen LogP contribution in [0.2, 0.25) is 0 Å². The van der Waals surface area contributed by atoms with E-state index in [0.717, 1.165) is 6.07 Å². The molecule has 0 aliphatic rings. The Morgan fingerprint density at radius 2 is 2.20 bits per heavy atom. The molecular weight excluding hydrogens is 206 g/mol. The van der Waals surface area contributed by atoms with Crippen LogP contribution in [-0.4, -0.2) is 17.2 Å². The summed E-state index contributed by atoms with van der Waals surface area (Å²) in [5.41, 5.74) is 5.33. The van der Waals surface area contributed by atoms with Gasteiger partial charge in [-0.2, -0.15) is 0 Å². The number of methoxy groups -OCH3 is 1. The first-order chi connectivity index (χ1) is 7.13. The summed E-state index contributed by atoms with van der Waals surface area (Å²) in [6.45, 7) is -0.476. The third-order valence-corrected chi connectivity index (χ3v) is 1.97. The number of hydrogen-bond acceptors (Lipinski definition) is 4. The molecular formula is C9H12F2N2O2. The molecule has 0 bridgehead atoms. The molecule has 0 aliphatic heterocycles. The lowest BCUT2D eigenvalue weighted by Crippen LogP contribution is -2.08. The molecule has 0 spiro atoms. The first kappa shape index (κ1) is 11.8. The van der Waals surface area contributed by atoms with Gasteiger partial charge >= 0.3 is 0 Å². The highest BCUT2D eigenvalue weighted by Crippen LogP contribution is 2.27. The van der Waals surface area contributed by atoms with Crippen LogP contribution >= 0.6 is 0 Å². The minimum atomic E-state index is -2.69. The maximum absolute atomic E-state index is 12.5. The van der Waals surface area contributed by atoms with Gasteiger partial charge in [0.05, 0.1) is 25.1 Å². The van der Waals surface area contributed by atoms with E-state index in [9.17, 15) is 8.78 Å². The number of aromatic nitrogens is 1. The average Bonchev–Trinajstić information content (AvgIpc) is 2.26. The van der Waals surface area contributed by atoms with Crippen molar-refractivity contribution in [3.8, 4) is 5.75 Å². The molecule has 0 radical (unpaired) electrons. The van der Waals surface area contributed by atoms with E-state index in [1.165, 1.54) is 7.11 Å². The SMILES string of the molecule is COc1cc(C(F)F)c(CO)nc1CN. The van der Waals surface area contributed by atoms with Crippen LogP contribution < -0.4 is 10.5 Å². The van der Waals surface area contributed by atoms with Gasteiger partial charge < -0.3 is 15.6 Å². The van der Waals surface area contributed by atoms with Crippen LogP contribution in [0.4, 0.5) is 8.78 Å². The van der Waals surface area contributed by atoms with Gasteiger partial charge in [0.25, 0.3) is 6.43 Å². The summed E-state index contributed by atoms with van der Waals surface area (Å²) in [5.74, 6) is 0.213. The quantitative estimate of drug-likeness (QED) is 0.790. The molecule has 6 heteroatoms. The number of ether oxygens (including phenoxy) is 1. The van der Waals surface area contributed by atoms with E-state index in [-0.39, 0.29) is 23.6 Å². The molecule has 1 aromatic heterocycles. The third-order valence-electron chi connectivity index (χ3n) is 1.97. The summed E-state index contributed by atoms with van der Waals surface area (Å²) < 4.78 is 29.9. The Balaban J connectivity index is 3.27. The molecule has 84 valence electrons. The lowest BCUT2D eigenvalue weighted by Gasteiger charge is -2.11. The highest BCUT2D eigenvalue weighted by Gasteiger charge is 2.17. The topological polar surface area (TPSA) is 68.4 Å². The number of aliphatic hydroxyl groups excluding tert-OH is 1. The fourth-order valence-corrected chi connectivity index (χ4v) is 1.23. The third kappa shape index (κ3) is 2.40. The van der Waals surface area contributed by atoms with E-state index < -0.39 is 13.0 Å². The lowest BCUT2D eigenvalue weighted by molar-refractivity contribution is 0.145. The number of nitrogens with zero attached hydrogens (tertiary/aromatic N) is 1. The van der Waals surface area contributed by atoms with Crippen LogP contribution in [0.1, 0.15) is 23.4 Å². The number of rotatable bonds is 4. The Morgan fingerprint density at radius 1 is 1.53 bits per heavy atom. The van der Waals surface area contributed by atoms with Gasteiger partial charge in [0, 0.05) is 12.1 Å². The van der Waals surface area contributed by atoms with E-state index in [4.69, 9.17) is 15.6 Å². The number of halogens is 2. The van der Waals surface area contributed by atoms with E-state index >= 15 is 0 Å². The van der Waals surface area contributed by atoms with Gasteiger partial charge in [0.15, 0.2) is 0 Å². The number of pyridine rings is 1. The number of alkyl halides is 2. The van der Waals surface area contributed by atoms with Crippen molar-refractivity contribution in [3.63, 3.8) is 0 Å². The Hall–Kier alpha value is -1.27. The summed E-state index contributed by atoms with van der Waals surface area (Å²) >= 11 is 0. The Bertz CT molecular complexity index is 345. The van der Waals surface area contributed by atoms with Gasteiger partial charge in [-0.05, 0) is 6.07 Å². The predicted octanol–water partition coefficient (Wildman–Crippen LogP) is 0.979. The first-order valence-electron chi connectivity index (χ1n) is 4.29. The van der Waals surface area contributed by atoms with Crippen molar-refractivity contribution in [2.75, 3.05) is 7.11 Å². The maximum atomic E-state index is 12.5. The average molecular weight is 218 g/mol. The molecule has 0 fully saturated rings. The molecule has 3 N–H and O–H groups in total. The minimum Gasteiger partial charge on any atom is -0.495 e. The molecule has 0 amide bonds. The number of aliphatic hydroxyl groups is 1. The summed E-state index contributed by atoms with van der Waals surface area (Å²) in [7, 11) is 1.35. The van der Waals surface area contributed by atoms with Crippen molar-refractivity contribution in [1.29, 1.82) is 0 Å². The van der Waals surface area contributed by atoms with Crippen molar-refractivity contribution in [2.24, 2.45) is 5.73 Å². The van der Waals surface area contributed by atoms with Gasteiger partial charge in [-0.15, -0.1) is 0 Å². The van der Waals surface area contributed by atoms with Crippen LogP contribution in [0.25, 0.3) is 0 Å². The van der Waals surface area contributed by atoms with Crippen molar-refractivity contribution in [3.05, 3.63) is 23.0 Å². The molecule has 0 saturated carbocycles. The van der Waals surface area contributed by atoms with Crippen LogP contribution in [0.15, 0.2) is 6.07 Å². The summed E-state index contributed by atoms with van der Waals surface area (Å²) in [5, 5.41) is 8.87. The standard InChI is InChI=1S/C9H12F2N2O2/c1-15-8-2-5(9(10)11)7(4-14)13-6(8)3-12/h2,9,14H,3-4,12H2,1H3. The van der Waals surface area contributed by atoms with Crippen LogP contribution in [-0.2, 0) is 13.2 Å². The Labute approximate surface area is 85.7 Å². The number of hydrogen-bond donors (Lipinski definition) is 2. The second kappa shape index (κ2) is 4.99. The van der Waals surface area contributed by atoms with Crippen LogP contribution in [0, 0.1) is 0 Å². The van der Waals surface area contributed by atoms with Crippen LogP contribution in [0.3, 0.4) is 0 Å². The normalized spacial score (nSPS) is 10.8. The highest BCUT2D eigenvalue weighted by molar-refractivity contribution is 5.36. The predicted molar refractivity (Wildman–Crippen MR) is 49.6 cm³/mol. The highest BCUT2D eigenvalue weighted by atomic mass is 19.3. The van der Waals surface area contributed by atoms with Crippen molar-refractivity contribution < 1.29 is 18.6 Å². The smallest absolute Gasteiger partial charge is 0.265 e. The van der Waals surface area contributed by atoms with E-state index in [1.54, 1.807) is 0 Å². The monoisotopic (exact) mass is 218 g/mol. The largest absolute Gasteiger partial charge is 0.495 e. The van der Waals surface area contributed by atoms with Gasteiger partial charge in [-0.3, -0.25) is 0 Å². The summed E-state index contributed by atoms with van der Waals surface area (Å²) in [6, 6.07) is 1.16. The van der Waals surface area contributed by atoms with Crippen molar-refractivity contribution >= 4 is 0 Å². The molecule has 15 heavy (non-hydrogen) atoms. The molecule has 0 aliphatic carbocycles. The zero-order valence-corrected chi connectivity index (χ0v) is 8.20. The lowest BCUT2D eigenvalue weighted by atomic mass is 10.1. The minimum absolute atomic E-state index is 0.0637. The van der Waals surface area contributed by atoms with E-state index in [2.05, 4.69) is 4.98 Å². The molecule has 0 atom stereocenters. The molecule has 1 rings (SSSR count).